The molecule has 0 fully saturated rings. The van der Waals surface area contributed by atoms with Crippen molar-refractivity contribution < 1.29 is 33.0 Å². The second-order valence-corrected chi connectivity index (χ2v) is 5.59. The maximum Gasteiger partial charge on any atom is 0.380 e. The molecule has 7 nitrogen and oxygen atoms in total. The van der Waals surface area contributed by atoms with E-state index in [1.807, 2.05) is 18.2 Å². The first-order chi connectivity index (χ1) is 13.1. The van der Waals surface area contributed by atoms with Crippen LogP contribution >= 0.6 is 0 Å². The normalized spacial score (nSPS) is 10.6. The van der Waals surface area contributed by atoms with Crippen LogP contribution in [0.2, 0.25) is 0 Å². The molecule has 0 aliphatic rings. The Labute approximate surface area is 155 Å². The van der Waals surface area contributed by atoms with Crippen LogP contribution < -0.4 is 9.47 Å². The van der Waals surface area contributed by atoms with E-state index in [-0.39, 0.29) is 29.4 Å². The van der Waals surface area contributed by atoms with Crippen molar-refractivity contribution in [3.8, 4) is 11.5 Å². The van der Waals surface area contributed by atoms with Crippen molar-refractivity contribution in [2.24, 2.45) is 0 Å². The zero-order valence-corrected chi connectivity index (χ0v) is 15.1. The van der Waals surface area contributed by atoms with Gasteiger partial charge in [-0.05, 0) is 24.3 Å². The van der Waals surface area contributed by atoms with Gasteiger partial charge >= 0.3 is 11.9 Å². The largest absolute Gasteiger partial charge is 0.493 e. The van der Waals surface area contributed by atoms with Gasteiger partial charge in [-0.25, -0.2) is 9.59 Å². The van der Waals surface area contributed by atoms with Crippen molar-refractivity contribution in [1.82, 2.24) is 0 Å². The number of para-hydroxylation sites is 1. The molecular formula is C20H18O7. The number of ether oxygens (including phenoxy) is 4. The van der Waals surface area contributed by atoms with Crippen LogP contribution in [0, 0.1) is 0 Å². The topological polar surface area (TPSA) is 84.2 Å². The molecule has 0 radical (unpaired) electrons. The predicted octanol–water partition coefficient (Wildman–Crippen LogP) is 3.59. The highest BCUT2D eigenvalue weighted by Crippen LogP contribution is 2.31. The number of carbonyl (C=O) groups is 2. The number of esters is 2. The van der Waals surface area contributed by atoms with Gasteiger partial charge in [0.2, 0.25) is 5.76 Å². The first-order valence-corrected chi connectivity index (χ1v) is 8.07. The van der Waals surface area contributed by atoms with Crippen LogP contribution in [0.3, 0.4) is 0 Å². The lowest BCUT2D eigenvalue weighted by atomic mass is 10.1. The predicted molar refractivity (Wildman–Crippen MR) is 96.2 cm³/mol. The summed E-state index contributed by atoms with van der Waals surface area (Å²) in [4.78, 5) is 24.3. The molecule has 0 aliphatic heterocycles. The summed E-state index contributed by atoms with van der Waals surface area (Å²) in [5.74, 6) is -0.792. The van der Waals surface area contributed by atoms with E-state index < -0.39 is 11.9 Å². The molecule has 27 heavy (non-hydrogen) atoms. The number of methoxy groups -OCH3 is 3. The van der Waals surface area contributed by atoms with Crippen LogP contribution in [0.4, 0.5) is 0 Å². The smallest absolute Gasteiger partial charge is 0.380 e. The average Bonchev–Trinajstić information content (AvgIpc) is 3.06. The minimum atomic E-state index is -0.692. The fourth-order valence-electron chi connectivity index (χ4n) is 2.69. The van der Waals surface area contributed by atoms with Crippen molar-refractivity contribution in [2.45, 2.75) is 6.61 Å². The summed E-state index contributed by atoms with van der Waals surface area (Å²) in [6, 6.07) is 11.6. The van der Waals surface area contributed by atoms with E-state index in [1.165, 1.54) is 39.5 Å². The summed E-state index contributed by atoms with van der Waals surface area (Å²) in [5.41, 5.74) is 1.44. The van der Waals surface area contributed by atoms with Gasteiger partial charge in [0.1, 0.15) is 5.58 Å². The third-order valence-corrected chi connectivity index (χ3v) is 3.96. The zero-order valence-electron chi connectivity index (χ0n) is 15.1. The summed E-state index contributed by atoms with van der Waals surface area (Å²) < 4.78 is 26.2. The van der Waals surface area contributed by atoms with E-state index in [0.29, 0.717) is 11.1 Å². The summed E-state index contributed by atoms with van der Waals surface area (Å²) in [5, 5.41) is 0.777. The summed E-state index contributed by atoms with van der Waals surface area (Å²) in [7, 11) is 4.22. The Morgan fingerprint density at radius 2 is 1.74 bits per heavy atom. The third kappa shape index (κ3) is 3.63. The highest BCUT2D eigenvalue weighted by molar-refractivity contribution is 5.97. The number of hydrogen-bond acceptors (Lipinski definition) is 7. The fraction of sp³-hybridized carbons (Fsp3) is 0.200. The van der Waals surface area contributed by atoms with Crippen LogP contribution in [0.1, 0.15) is 26.5 Å². The molecule has 0 saturated carbocycles. The molecule has 0 N–H and O–H groups in total. The second kappa shape index (κ2) is 7.92. The van der Waals surface area contributed by atoms with Gasteiger partial charge in [0.05, 0.1) is 26.4 Å². The third-order valence-electron chi connectivity index (χ3n) is 3.96. The Bertz CT molecular complexity index is 987. The summed E-state index contributed by atoms with van der Waals surface area (Å²) >= 11 is 0. The van der Waals surface area contributed by atoms with Gasteiger partial charge in [0.15, 0.2) is 11.5 Å². The molecule has 3 aromatic rings. The van der Waals surface area contributed by atoms with E-state index in [9.17, 15) is 9.59 Å². The van der Waals surface area contributed by atoms with Crippen molar-refractivity contribution in [1.29, 1.82) is 0 Å². The second-order valence-electron chi connectivity index (χ2n) is 5.59. The Balaban J connectivity index is 1.95. The molecule has 140 valence electrons. The molecule has 1 aromatic heterocycles. The maximum absolute atomic E-state index is 12.7. The van der Waals surface area contributed by atoms with Gasteiger partial charge in [-0.2, -0.15) is 0 Å². The van der Waals surface area contributed by atoms with Crippen LogP contribution in [0.15, 0.2) is 46.9 Å². The van der Waals surface area contributed by atoms with Crippen molar-refractivity contribution >= 4 is 22.9 Å². The van der Waals surface area contributed by atoms with Crippen LogP contribution in [0.25, 0.3) is 11.0 Å². The lowest BCUT2D eigenvalue weighted by Crippen LogP contribution is -2.11. The van der Waals surface area contributed by atoms with Crippen LogP contribution in [-0.2, 0) is 16.1 Å². The Morgan fingerprint density at radius 3 is 2.44 bits per heavy atom. The number of carbonyl (C=O) groups excluding carboxylic acids is 2. The minimum absolute atomic E-state index is 0.0529. The molecular weight excluding hydrogens is 352 g/mol. The number of fused-ring (bicyclic) bond motifs is 1. The molecule has 0 aliphatic carbocycles. The zero-order chi connectivity index (χ0) is 19.4. The molecule has 0 bridgehead atoms. The number of hydrogen-bond donors (Lipinski definition) is 0. The maximum atomic E-state index is 12.7. The molecule has 1 heterocycles. The van der Waals surface area contributed by atoms with Gasteiger partial charge in [0.25, 0.3) is 0 Å². The van der Waals surface area contributed by atoms with E-state index in [2.05, 4.69) is 4.74 Å². The summed E-state index contributed by atoms with van der Waals surface area (Å²) in [6.07, 6.45) is 0. The highest BCUT2D eigenvalue weighted by Gasteiger charge is 2.23. The number of furan rings is 1. The monoisotopic (exact) mass is 370 g/mol. The number of rotatable bonds is 6. The minimum Gasteiger partial charge on any atom is -0.493 e. The molecule has 2 aromatic carbocycles. The Morgan fingerprint density at radius 1 is 0.963 bits per heavy atom. The van der Waals surface area contributed by atoms with E-state index in [4.69, 9.17) is 18.6 Å². The van der Waals surface area contributed by atoms with Crippen molar-refractivity contribution in [3.05, 3.63) is 59.4 Å². The van der Waals surface area contributed by atoms with Crippen LogP contribution in [0.5, 0.6) is 11.5 Å². The fourth-order valence-corrected chi connectivity index (χ4v) is 2.69. The SMILES string of the molecule is COCc1c(C(=O)Oc2ccc(C(=O)OC)cc2OC)oc2ccccc12. The lowest BCUT2D eigenvalue weighted by molar-refractivity contribution is 0.0600. The Kier molecular flexibility index (Phi) is 5.42. The number of benzene rings is 2. The molecule has 7 heteroatoms. The van der Waals surface area contributed by atoms with Crippen molar-refractivity contribution in [3.63, 3.8) is 0 Å². The quantitative estimate of drug-likeness (QED) is 0.484. The van der Waals surface area contributed by atoms with Gasteiger partial charge in [-0.15, -0.1) is 0 Å². The van der Waals surface area contributed by atoms with Crippen molar-refractivity contribution in [2.75, 3.05) is 21.3 Å². The molecule has 0 amide bonds. The molecule has 0 saturated heterocycles. The summed E-state index contributed by atoms with van der Waals surface area (Å²) in [6.45, 7) is 0.194. The van der Waals surface area contributed by atoms with Gasteiger partial charge in [-0.1, -0.05) is 18.2 Å². The van der Waals surface area contributed by atoms with E-state index >= 15 is 0 Å². The standard InChI is InChI=1S/C20H18O7/c1-23-11-14-13-6-4-5-7-15(13)26-18(14)20(22)27-16-9-8-12(19(21)25-3)10-17(16)24-2/h4-10H,11H2,1-3H3. The Hall–Kier alpha value is -3.32. The molecule has 3 rings (SSSR count). The highest BCUT2D eigenvalue weighted by atomic mass is 16.6. The molecule has 0 unspecified atom stereocenters. The first kappa shape index (κ1) is 18.5. The van der Waals surface area contributed by atoms with Gasteiger partial charge < -0.3 is 23.4 Å². The lowest BCUT2D eigenvalue weighted by Gasteiger charge is -2.10. The molecule has 0 atom stereocenters. The van der Waals surface area contributed by atoms with Gasteiger partial charge in [0, 0.05) is 18.1 Å². The molecule has 0 spiro atoms. The van der Waals surface area contributed by atoms with E-state index in [1.54, 1.807) is 6.07 Å². The van der Waals surface area contributed by atoms with Gasteiger partial charge in [-0.3, -0.25) is 0 Å². The first-order valence-electron chi connectivity index (χ1n) is 8.07. The van der Waals surface area contributed by atoms with Crippen LogP contribution in [-0.4, -0.2) is 33.3 Å². The average molecular weight is 370 g/mol. The van der Waals surface area contributed by atoms with E-state index in [0.717, 1.165) is 5.39 Å².